The van der Waals surface area contributed by atoms with Gasteiger partial charge in [0.2, 0.25) is 0 Å². The minimum atomic E-state index is -0.377. The molecule has 0 aliphatic heterocycles. The first-order chi connectivity index (χ1) is 7.92. The number of hydrogen-bond acceptors (Lipinski definition) is 2. The average Bonchev–Trinajstić information content (AvgIpc) is 2.29. The molecular formula is C14H22FNO. The summed E-state index contributed by atoms with van der Waals surface area (Å²) in [4.78, 5) is 0. The van der Waals surface area contributed by atoms with Crippen LogP contribution in [0.5, 0.6) is 0 Å². The number of hydrogen-bond donors (Lipinski definition) is 1. The van der Waals surface area contributed by atoms with E-state index in [1.807, 2.05) is 26.8 Å². The van der Waals surface area contributed by atoms with Gasteiger partial charge < -0.3 is 10.1 Å². The molecule has 0 aliphatic carbocycles. The highest BCUT2D eigenvalue weighted by molar-refractivity contribution is 5.27. The lowest BCUT2D eigenvalue weighted by Gasteiger charge is -2.34. The zero-order valence-electron chi connectivity index (χ0n) is 11.3. The molecule has 1 aromatic rings. The van der Waals surface area contributed by atoms with E-state index in [2.05, 4.69) is 5.32 Å². The van der Waals surface area contributed by atoms with Crippen LogP contribution in [0.2, 0.25) is 0 Å². The third kappa shape index (κ3) is 3.27. The molecule has 17 heavy (non-hydrogen) atoms. The molecule has 0 spiro atoms. The molecule has 1 rings (SSSR count). The van der Waals surface area contributed by atoms with E-state index in [0.29, 0.717) is 5.56 Å². The fraction of sp³-hybridized carbons (Fsp3) is 0.571. The van der Waals surface area contributed by atoms with Crippen molar-refractivity contribution >= 4 is 0 Å². The Labute approximate surface area is 103 Å². The molecule has 96 valence electrons. The summed E-state index contributed by atoms with van der Waals surface area (Å²) in [5.41, 5.74) is 1.21. The average molecular weight is 239 g/mol. The van der Waals surface area contributed by atoms with Gasteiger partial charge in [0.1, 0.15) is 5.82 Å². The normalized spacial score (nSPS) is 13.8. The number of rotatable bonds is 5. The molecule has 0 aromatic heterocycles. The fourth-order valence-corrected chi connectivity index (χ4v) is 1.88. The Morgan fingerprint density at radius 2 is 2.06 bits per heavy atom. The first kappa shape index (κ1) is 14.1. The van der Waals surface area contributed by atoms with Gasteiger partial charge >= 0.3 is 0 Å². The molecule has 0 amide bonds. The quantitative estimate of drug-likeness (QED) is 0.852. The van der Waals surface area contributed by atoms with Gasteiger partial charge in [0, 0.05) is 7.11 Å². The van der Waals surface area contributed by atoms with E-state index in [1.54, 1.807) is 26.2 Å². The molecule has 0 saturated carbocycles. The Kier molecular flexibility index (Phi) is 4.66. The first-order valence-corrected chi connectivity index (χ1v) is 5.97. The van der Waals surface area contributed by atoms with Gasteiger partial charge in [-0.2, -0.15) is 0 Å². The molecule has 0 fully saturated rings. The highest BCUT2D eigenvalue weighted by Gasteiger charge is 2.30. The van der Waals surface area contributed by atoms with Crippen LogP contribution in [-0.2, 0) is 4.74 Å². The van der Waals surface area contributed by atoms with Crippen molar-refractivity contribution in [3.05, 3.63) is 35.1 Å². The second-order valence-electron chi connectivity index (χ2n) is 4.81. The summed E-state index contributed by atoms with van der Waals surface area (Å²) < 4.78 is 19.1. The number of likely N-dealkylation sites (N-methyl/N-ethyl adjacent to an activating group) is 1. The third-order valence-corrected chi connectivity index (χ3v) is 3.16. The molecule has 0 aliphatic rings. The van der Waals surface area contributed by atoms with E-state index >= 15 is 0 Å². The largest absolute Gasteiger partial charge is 0.377 e. The lowest BCUT2D eigenvalue weighted by atomic mass is 9.91. The molecule has 1 atom stereocenters. The molecule has 1 aromatic carbocycles. The van der Waals surface area contributed by atoms with Crippen LogP contribution >= 0.6 is 0 Å². The van der Waals surface area contributed by atoms with Gasteiger partial charge in [0.25, 0.3) is 0 Å². The predicted molar refractivity (Wildman–Crippen MR) is 68.6 cm³/mol. The van der Waals surface area contributed by atoms with E-state index in [4.69, 9.17) is 4.74 Å². The monoisotopic (exact) mass is 239 g/mol. The van der Waals surface area contributed by atoms with Gasteiger partial charge in [-0.15, -0.1) is 0 Å². The SMILES string of the molecule is CCNC(c1ccc(C)c(F)c1)C(C)(C)OC. The van der Waals surface area contributed by atoms with Gasteiger partial charge in [-0.05, 0) is 44.5 Å². The number of ether oxygens (including phenoxy) is 1. The Balaban J connectivity index is 3.09. The maximum atomic E-state index is 13.6. The Morgan fingerprint density at radius 3 is 2.53 bits per heavy atom. The van der Waals surface area contributed by atoms with Crippen molar-refractivity contribution in [3.8, 4) is 0 Å². The summed E-state index contributed by atoms with van der Waals surface area (Å²) in [5.74, 6) is -0.169. The van der Waals surface area contributed by atoms with Gasteiger partial charge in [0.15, 0.2) is 0 Å². The van der Waals surface area contributed by atoms with E-state index in [-0.39, 0.29) is 17.5 Å². The molecule has 0 radical (unpaired) electrons. The molecule has 0 saturated heterocycles. The highest BCUT2D eigenvalue weighted by Crippen LogP contribution is 2.29. The summed E-state index contributed by atoms with van der Waals surface area (Å²) in [5, 5.41) is 3.35. The maximum Gasteiger partial charge on any atom is 0.126 e. The van der Waals surface area contributed by atoms with Crippen molar-refractivity contribution in [2.24, 2.45) is 0 Å². The Morgan fingerprint density at radius 1 is 1.41 bits per heavy atom. The van der Waals surface area contributed by atoms with E-state index in [0.717, 1.165) is 12.1 Å². The van der Waals surface area contributed by atoms with E-state index in [9.17, 15) is 4.39 Å². The van der Waals surface area contributed by atoms with E-state index in [1.165, 1.54) is 0 Å². The van der Waals surface area contributed by atoms with Crippen LogP contribution in [0.3, 0.4) is 0 Å². The Bertz CT molecular complexity index is 376. The van der Waals surface area contributed by atoms with Crippen LogP contribution in [-0.4, -0.2) is 19.3 Å². The van der Waals surface area contributed by atoms with Crippen molar-refractivity contribution in [2.45, 2.75) is 39.3 Å². The lowest BCUT2D eigenvalue weighted by molar-refractivity contribution is -0.0107. The fourth-order valence-electron chi connectivity index (χ4n) is 1.88. The van der Waals surface area contributed by atoms with Gasteiger partial charge in [0.05, 0.1) is 11.6 Å². The summed E-state index contributed by atoms with van der Waals surface area (Å²) >= 11 is 0. The van der Waals surface area contributed by atoms with Crippen LogP contribution in [0.15, 0.2) is 18.2 Å². The van der Waals surface area contributed by atoms with Crippen LogP contribution in [0.25, 0.3) is 0 Å². The van der Waals surface area contributed by atoms with Crippen LogP contribution in [0, 0.1) is 12.7 Å². The first-order valence-electron chi connectivity index (χ1n) is 5.97. The standard InChI is InChI=1S/C14H22FNO/c1-6-16-13(14(3,4)17-5)11-8-7-10(2)12(15)9-11/h7-9,13,16H,6H2,1-5H3. The molecular weight excluding hydrogens is 217 g/mol. The molecule has 0 bridgehead atoms. The van der Waals surface area contributed by atoms with Crippen molar-refractivity contribution in [3.63, 3.8) is 0 Å². The van der Waals surface area contributed by atoms with Crippen molar-refractivity contribution in [1.29, 1.82) is 0 Å². The number of nitrogens with one attached hydrogen (secondary N) is 1. The predicted octanol–water partition coefficient (Wildman–Crippen LogP) is 3.21. The minimum absolute atomic E-state index is 0.0207. The molecule has 1 N–H and O–H groups in total. The van der Waals surface area contributed by atoms with Crippen molar-refractivity contribution in [1.82, 2.24) is 5.32 Å². The molecule has 3 heteroatoms. The number of halogens is 1. The topological polar surface area (TPSA) is 21.3 Å². The van der Waals surface area contributed by atoms with Crippen molar-refractivity contribution < 1.29 is 9.13 Å². The summed E-state index contributed by atoms with van der Waals surface area (Å²) in [6.45, 7) is 8.61. The van der Waals surface area contributed by atoms with Crippen LogP contribution in [0.1, 0.15) is 37.9 Å². The zero-order valence-corrected chi connectivity index (χ0v) is 11.3. The Hall–Kier alpha value is -0.930. The molecule has 2 nitrogen and oxygen atoms in total. The zero-order chi connectivity index (χ0) is 13.1. The van der Waals surface area contributed by atoms with Crippen LogP contribution < -0.4 is 5.32 Å². The molecule has 0 heterocycles. The summed E-state index contributed by atoms with van der Waals surface area (Å²) in [6.07, 6.45) is 0. The second-order valence-corrected chi connectivity index (χ2v) is 4.81. The van der Waals surface area contributed by atoms with Gasteiger partial charge in [-0.3, -0.25) is 0 Å². The molecule has 1 unspecified atom stereocenters. The van der Waals surface area contributed by atoms with Crippen molar-refractivity contribution in [2.75, 3.05) is 13.7 Å². The number of methoxy groups -OCH3 is 1. The summed E-state index contributed by atoms with van der Waals surface area (Å²) in [6, 6.07) is 5.32. The second kappa shape index (κ2) is 5.61. The minimum Gasteiger partial charge on any atom is -0.377 e. The smallest absolute Gasteiger partial charge is 0.126 e. The summed E-state index contributed by atoms with van der Waals surface area (Å²) in [7, 11) is 1.68. The van der Waals surface area contributed by atoms with Gasteiger partial charge in [-0.1, -0.05) is 19.1 Å². The third-order valence-electron chi connectivity index (χ3n) is 3.16. The maximum absolute atomic E-state index is 13.6. The highest BCUT2D eigenvalue weighted by atomic mass is 19.1. The number of aryl methyl sites for hydroxylation is 1. The lowest BCUT2D eigenvalue weighted by Crippen LogP contribution is -2.40. The van der Waals surface area contributed by atoms with Crippen LogP contribution in [0.4, 0.5) is 4.39 Å². The number of benzene rings is 1. The van der Waals surface area contributed by atoms with Gasteiger partial charge in [-0.25, -0.2) is 4.39 Å². The van der Waals surface area contributed by atoms with E-state index < -0.39 is 0 Å².